The predicted molar refractivity (Wildman–Crippen MR) is 60.3 cm³/mol. The number of pyridine rings is 2. The monoisotopic (exact) mass is 325 g/mol. The highest BCUT2D eigenvalue weighted by molar-refractivity contribution is 9.09. The average molecular weight is 327 g/mol. The van der Waals surface area contributed by atoms with Crippen LogP contribution >= 0.6 is 15.9 Å². The fourth-order valence-electron chi connectivity index (χ4n) is 1.92. The number of allylic oxidation sites excluding steroid dienone is 1. The van der Waals surface area contributed by atoms with Crippen molar-refractivity contribution < 1.29 is 21.4 Å². The van der Waals surface area contributed by atoms with E-state index < -0.39 is 0 Å². The summed E-state index contributed by atoms with van der Waals surface area (Å²) in [7, 11) is 0. The lowest BCUT2D eigenvalue weighted by molar-refractivity contribution is -0.524. The molecule has 0 spiro atoms. The minimum Gasteiger partial charge on any atom is -1.00 e. The molecule has 0 fully saturated rings. The first-order valence-corrected chi connectivity index (χ1v) is 5.54. The van der Waals surface area contributed by atoms with Crippen LogP contribution in [0.2, 0.25) is 0 Å². The molecule has 0 amide bonds. The van der Waals surface area contributed by atoms with E-state index in [1.54, 1.807) is 0 Å². The van der Waals surface area contributed by atoms with Crippen LogP contribution in [-0.2, 0) is 0 Å². The second-order valence-electron chi connectivity index (χ2n) is 3.42. The predicted octanol–water partition coefficient (Wildman–Crippen LogP) is -0.108. The zero-order valence-electron chi connectivity index (χ0n) is 7.90. The molecule has 1 nitrogen and oxygen atoms in total. The maximum Gasteiger partial charge on any atom is 0.211 e. The molecule has 76 valence electrons. The molecule has 1 aliphatic heterocycles. The van der Waals surface area contributed by atoms with Crippen LogP contribution in [0.3, 0.4) is 0 Å². The molecular weight excluding hydrogens is 318 g/mol. The number of aromatic nitrogens is 1. The van der Waals surface area contributed by atoms with Crippen molar-refractivity contribution in [2.24, 2.45) is 0 Å². The van der Waals surface area contributed by atoms with Gasteiger partial charge in [-0.15, -0.1) is 0 Å². The van der Waals surface area contributed by atoms with Crippen molar-refractivity contribution in [2.45, 2.75) is 4.83 Å². The molecule has 0 radical (unpaired) electrons. The van der Waals surface area contributed by atoms with Crippen molar-refractivity contribution in [3.05, 3.63) is 53.9 Å². The summed E-state index contributed by atoms with van der Waals surface area (Å²) in [5, 5.41) is 0. The summed E-state index contributed by atoms with van der Waals surface area (Å²) < 4.78 is 2.28. The second kappa shape index (κ2) is 4.06. The Morgan fingerprint density at radius 2 is 1.80 bits per heavy atom. The SMILES string of the molecule is BrC1C=Cc2cccc3cccc1[n+]23.[Br-]. The molecule has 1 atom stereocenters. The van der Waals surface area contributed by atoms with E-state index in [0.717, 1.165) is 0 Å². The number of rotatable bonds is 0. The summed E-state index contributed by atoms with van der Waals surface area (Å²) in [5.41, 5.74) is 3.78. The van der Waals surface area contributed by atoms with Gasteiger partial charge in [0, 0.05) is 30.3 Å². The Labute approximate surface area is 107 Å². The van der Waals surface area contributed by atoms with E-state index in [9.17, 15) is 0 Å². The summed E-state index contributed by atoms with van der Waals surface area (Å²) in [4.78, 5) is 0.325. The minimum absolute atomic E-state index is 0. The van der Waals surface area contributed by atoms with Crippen molar-refractivity contribution in [1.82, 2.24) is 0 Å². The largest absolute Gasteiger partial charge is 1.00 e. The van der Waals surface area contributed by atoms with E-state index in [1.807, 2.05) is 0 Å². The number of nitrogens with zero attached hydrogens (tertiary/aromatic N) is 1. The summed E-state index contributed by atoms with van der Waals surface area (Å²) in [6.07, 6.45) is 4.32. The van der Waals surface area contributed by atoms with Crippen molar-refractivity contribution in [1.29, 1.82) is 0 Å². The number of alkyl halides is 1. The first-order valence-electron chi connectivity index (χ1n) is 4.62. The Bertz CT molecular complexity index is 529. The molecular formula is C12H9Br2N. The third-order valence-corrected chi connectivity index (χ3v) is 3.34. The van der Waals surface area contributed by atoms with Crippen molar-refractivity contribution in [3.63, 3.8) is 0 Å². The van der Waals surface area contributed by atoms with Gasteiger partial charge in [0.25, 0.3) is 0 Å². The highest BCUT2D eigenvalue weighted by Gasteiger charge is 2.22. The quantitative estimate of drug-likeness (QED) is 0.470. The fraction of sp³-hybridized carbons (Fsp3) is 0.0833. The average Bonchev–Trinajstić information content (AvgIpc) is 2.24. The van der Waals surface area contributed by atoms with Crippen molar-refractivity contribution in [3.8, 4) is 0 Å². The van der Waals surface area contributed by atoms with Crippen LogP contribution in [0.1, 0.15) is 16.2 Å². The second-order valence-corrected chi connectivity index (χ2v) is 4.41. The molecule has 1 unspecified atom stereocenters. The van der Waals surface area contributed by atoms with Crippen LogP contribution in [0.4, 0.5) is 0 Å². The zero-order chi connectivity index (χ0) is 9.54. The molecule has 3 heteroatoms. The molecule has 2 aromatic rings. The maximum absolute atomic E-state index is 3.64. The lowest BCUT2D eigenvalue weighted by Crippen LogP contribution is -3.00. The summed E-state index contributed by atoms with van der Waals surface area (Å²) in [5.74, 6) is 0. The van der Waals surface area contributed by atoms with Gasteiger partial charge < -0.3 is 17.0 Å². The lowest BCUT2D eigenvalue weighted by Gasteiger charge is -2.08. The molecule has 0 saturated heterocycles. The molecule has 3 rings (SSSR count). The van der Waals surface area contributed by atoms with Gasteiger partial charge in [-0.25, -0.2) is 0 Å². The van der Waals surface area contributed by atoms with E-state index >= 15 is 0 Å². The number of halogens is 2. The van der Waals surface area contributed by atoms with Crippen LogP contribution in [0.25, 0.3) is 11.6 Å². The highest BCUT2D eigenvalue weighted by atomic mass is 79.9. The Morgan fingerprint density at radius 3 is 2.60 bits per heavy atom. The summed E-state index contributed by atoms with van der Waals surface area (Å²) >= 11 is 3.64. The molecule has 1 aliphatic rings. The van der Waals surface area contributed by atoms with Gasteiger partial charge in [0.1, 0.15) is 4.83 Å². The van der Waals surface area contributed by atoms with Gasteiger partial charge in [-0.1, -0.05) is 22.0 Å². The van der Waals surface area contributed by atoms with Gasteiger partial charge in [0.15, 0.2) is 0 Å². The molecule has 3 heterocycles. The fourth-order valence-corrected chi connectivity index (χ4v) is 2.43. The van der Waals surface area contributed by atoms with E-state index in [-0.39, 0.29) is 17.0 Å². The third kappa shape index (κ3) is 1.64. The van der Waals surface area contributed by atoms with Crippen LogP contribution in [-0.4, -0.2) is 0 Å². The molecule has 0 saturated carbocycles. The van der Waals surface area contributed by atoms with Gasteiger partial charge in [-0.2, -0.15) is 4.40 Å². The normalized spacial score (nSPS) is 17.5. The Morgan fingerprint density at radius 1 is 1.07 bits per heavy atom. The Hall–Kier alpha value is -0.670. The molecule has 15 heavy (non-hydrogen) atoms. The first kappa shape index (κ1) is 10.8. The molecule has 0 aromatic carbocycles. The smallest absolute Gasteiger partial charge is 0.211 e. The van der Waals surface area contributed by atoms with E-state index in [1.165, 1.54) is 16.9 Å². The lowest BCUT2D eigenvalue weighted by atomic mass is 10.1. The highest BCUT2D eigenvalue weighted by Crippen LogP contribution is 2.25. The van der Waals surface area contributed by atoms with E-state index in [0.29, 0.717) is 4.83 Å². The number of hydrogen-bond acceptors (Lipinski definition) is 0. The maximum atomic E-state index is 3.64. The topological polar surface area (TPSA) is 4.10 Å². The molecule has 0 N–H and O–H groups in total. The van der Waals surface area contributed by atoms with Crippen LogP contribution in [0, 0.1) is 0 Å². The van der Waals surface area contributed by atoms with Crippen LogP contribution in [0.15, 0.2) is 42.5 Å². The summed E-state index contributed by atoms with van der Waals surface area (Å²) in [6, 6.07) is 12.7. The van der Waals surface area contributed by atoms with E-state index in [4.69, 9.17) is 0 Å². The van der Waals surface area contributed by atoms with Gasteiger partial charge in [-0.3, -0.25) is 0 Å². The standard InChI is InChI=1S/C12H9BrN.BrH/c13-11-8-7-10-4-1-3-9-5-2-6-12(11)14(9)10;/h1-8,11H;1H/q+1;/p-1. The molecule has 0 bridgehead atoms. The zero-order valence-corrected chi connectivity index (χ0v) is 11.1. The van der Waals surface area contributed by atoms with Gasteiger partial charge in [-0.05, 0) is 12.1 Å². The Kier molecular flexibility index (Phi) is 2.94. The van der Waals surface area contributed by atoms with Gasteiger partial charge in [0.05, 0.1) is 0 Å². The third-order valence-electron chi connectivity index (χ3n) is 2.56. The first-order chi connectivity index (χ1) is 6.86. The van der Waals surface area contributed by atoms with Crippen molar-refractivity contribution >= 4 is 27.5 Å². The molecule has 0 aliphatic carbocycles. The van der Waals surface area contributed by atoms with Gasteiger partial charge in [0.2, 0.25) is 16.9 Å². The van der Waals surface area contributed by atoms with Crippen LogP contribution < -0.4 is 21.4 Å². The van der Waals surface area contributed by atoms with Gasteiger partial charge >= 0.3 is 0 Å². The molecule has 2 aromatic heterocycles. The Balaban J connectivity index is 0.000000853. The van der Waals surface area contributed by atoms with Crippen molar-refractivity contribution in [2.75, 3.05) is 0 Å². The number of hydrogen-bond donors (Lipinski definition) is 0. The summed E-state index contributed by atoms with van der Waals surface area (Å²) in [6.45, 7) is 0. The van der Waals surface area contributed by atoms with Crippen LogP contribution in [0.5, 0.6) is 0 Å². The minimum atomic E-state index is 0. The van der Waals surface area contributed by atoms with E-state index in [2.05, 4.69) is 68.9 Å².